The maximum Gasteiger partial charge on any atom is 0.194 e. The molecule has 2 rings (SSSR count). The lowest BCUT2D eigenvalue weighted by molar-refractivity contribution is -0.121. The summed E-state index contributed by atoms with van der Waals surface area (Å²) in [6.07, 6.45) is 5.94. The van der Waals surface area contributed by atoms with Gasteiger partial charge >= 0.3 is 0 Å². The third-order valence-electron chi connectivity index (χ3n) is 7.32. The van der Waals surface area contributed by atoms with E-state index in [4.69, 9.17) is 0 Å². The summed E-state index contributed by atoms with van der Waals surface area (Å²) < 4.78 is 41.9. The van der Waals surface area contributed by atoms with Gasteiger partial charge in [-0.15, -0.1) is 0 Å². The van der Waals surface area contributed by atoms with Gasteiger partial charge in [-0.25, -0.2) is 13.2 Å². The van der Waals surface area contributed by atoms with Crippen molar-refractivity contribution in [2.75, 3.05) is 20.1 Å². The molecule has 2 atom stereocenters. The maximum absolute atomic E-state index is 14.1. The highest BCUT2D eigenvalue weighted by Crippen LogP contribution is 2.39. The molecule has 0 aromatic heterocycles. The summed E-state index contributed by atoms with van der Waals surface area (Å²) >= 11 is 0. The van der Waals surface area contributed by atoms with E-state index in [1.54, 1.807) is 7.05 Å². The lowest BCUT2D eigenvalue weighted by Crippen LogP contribution is -2.22. The molecule has 0 radical (unpaired) electrons. The standard InChI is InChI=1S/C33H45F3N2O/c1-20(2)19-38-13-12-22(5)14-28(21(3)4)32(24(7)37-8)29(25-10-9-11-27(39)16-25)15-23(6)26-17-30(34)33(36)31(35)18-26/h15,17-18,20,23,25,38H,3,5,9-14,16,19H2,1-2,4,6-8H3/b29-15-,32-28+,37-24?. The molecule has 0 amide bonds. The van der Waals surface area contributed by atoms with Crippen LogP contribution in [0.25, 0.3) is 0 Å². The lowest BCUT2D eigenvalue weighted by atomic mass is 9.75. The number of nitrogens with zero attached hydrogens (tertiary/aromatic N) is 1. The highest BCUT2D eigenvalue weighted by Gasteiger charge is 2.28. The van der Waals surface area contributed by atoms with Crippen LogP contribution in [0.4, 0.5) is 13.2 Å². The molecule has 0 bridgehead atoms. The van der Waals surface area contributed by atoms with E-state index in [9.17, 15) is 18.0 Å². The molecule has 1 saturated carbocycles. The number of nitrogens with one attached hydrogen (secondary N) is 1. The Morgan fingerprint density at radius 2 is 1.79 bits per heavy atom. The van der Waals surface area contributed by atoms with E-state index in [1.807, 2.05) is 26.8 Å². The topological polar surface area (TPSA) is 41.5 Å². The van der Waals surface area contributed by atoms with Crippen molar-refractivity contribution in [3.63, 3.8) is 0 Å². The Kier molecular flexibility index (Phi) is 12.6. The van der Waals surface area contributed by atoms with Crippen LogP contribution in [0.2, 0.25) is 0 Å². The second-order valence-electron chi connectivity index (χ2n) is 11.3. The fraction of sp³-hybridized carbons (Fsp3) is 0.515. The Morgan fingerprint density at radius 1 is 1.15 bits per heavy atom. The molecule has 0 saturated heterocycles. The van der Waals surface area contributed by atoms with Gasteiger partial charge < -0.3 is 5.32 Å². The fourth-order valence-corrected chi connectivity index (χ4v) is 5.08. The van der Waals surface area contributed by atoms with Crippen molar-refractivity contribution in [3.05, 3.63) is 82.2 Å². The summed E-state index contributed by atoms with van der Waals surface area (Å²) in [5.74, 6) is -3.64. The molecule has 1 aliphatic carbocycles. The highest BCUT2D eigenvalue weighted by molar-refractivity contribution is 6.04. The van der Waals surface area contributed by atoms with Gasteiger partial charge in [-0.2, -0.15) is 0 Å². The SMILES string of the molecule is C=C(CCNCC(C)C)C/C(C(=C)C)=C(C(C)=NC)\C(=C/C(C)c1cc(F)c(F)c(F)c1)C1CCCC(=O)C1. The first-order valence-corrected chi connectivity index (χ1v) is 13.9. The Morgan fingerprint density at radius 3 is 2.33 bits per heavy atom. The number of ketones is 1. The number of hydrogen-bond donors (Lipinski definition) is 1. The fourth-order valence-electron chi connectivity index (χ4n) is 5.08. The van der Waals surface area contributed by atoms with Gasteiger partial charge in [-0.3, -0.25) is 9.79 Å². The molecule has 6 heteroatoms. The first kappa shape index (κ1) is 32.5. The van der Waals surface area contributed by atoms with Crippen molar-refractivity contribution in [1.29, 1.82) is 0 Å². The molecule has 1 aromatic carbocycles. The Balaban J connectivity index is 2.63. The molecule has 1 N–H and O–H groups in total. The normalized spacial score (nSPS) is 18.3. The van der Waals surface area contributed by atoms with Crippen LogP contribution < -0.4 is 5.32 Å². The van der Waals surface area contributed by atoms with Crippen LogP contribution in [0.3, 0.4) is 0 Å². The van der Waals surface area contributed by atoms with Gasteiger partial charge in [0.15, 0.2) is 17.5 Å². The van der Waals surface area contributed by atoms with E-state index in [1.165, 1.54) is 0 Å². The van der Waals surface area contributed by atoms with Crippen LogP contribution in [-0.2, 0) is 4.79 Å². The number of rotatable bonds is 13. The number of carbonyl (C=O) groups is 1. The first-order valence-electron chi connectivity index (χ1n) is 13.9. The first-order chi connectivity index (χ1) is 18.3. The molecule has 214 valence electrons. The second kappa shape index (κ2) is 15.2. The minimum Gasteiger partial charge on any atom is -0.316 e. The molecule has 1 fully saturated rings. The van der Waals surface area contributed by atoms with Gasteiger partial charge in [0.2, 0.25) is 0 Å². The van der Waals surface area contributed by atoms with Crippen molar-refractivity contribution < 1.29 is 18.0 Å². The predicted molar refractivity (Wildman–Crippen MR) is 157 cm³/mol. The van der Waals surface area contributed by atoms with E-state index in [-0.39, 0.29) is 11.7 Å². The summed E-state index contributed by atoms with van der Waals surface area (Å²) in [5.41, 5.74) is 5.90. The van der Waals surface area contributed by atoms with E-state index in [2.05, 4.69) is 37.3 Å². The van der Waals surface area contributed by atoms with Gasteiger partial charge in [0.05, 0.1) is 0 Å². The molecule has 3 nitrogen and oxygen atoms in total. The van der Waals surface area contributed by atoms with E-state index < -0.39 is 23.4 Å². The van der Waals surface area contributed by atoms with Crippen LogP contribution in [-0.4, -0.2) is 31.6 Å². The monoisotopic (exact) mass is 542 g/mol. The Bertz CT molecular complexity index is 1140. The van der Waals surface area contributed by atoms with Crippen molar-refractivity contribution in [1.82, 2.24) is 5.32 Å². The molecule has 2 unspecified atom stereocenters. The van der Waals surface area contributed by atoms with Crippen LogP contribution in [0, 0.1) is 29.3 Å². The molecule has 1 aliphatic rings. The maximum atomic E-state index is 14.1. The van der Waals surface area contributed by atoms with E-state index in [0.717, 1.165) is 78.1 Å². The average molecular weight is 543 g/mol. The van der Waals surface area contributed by atoms with Crippen molar-refractivity contribution >= 4 is 11.5 Å². The average Bonchev–Trinajstić information content (AvgIpc) is 2.87. The molecule has 1 aromatic rings. The Hall–Kier alpha value is -2.73. The zero-order chi connectivity index (χ0) is 29.3. The molecule has 0 spiro atoms. The highest BCUT2D eigenvalue weighted by atomic mass is 19.2. The number of halogens is 3. The Labute approximate surface area is 233 Å². The zero-order valence-electron chi connectivity index (χ0n) is 24.5. The molecular weight excluding hydrogens is 497 g/mol. The van der Waals surface area contributed by atoms with Crippen molar-refractivity contribution in [3.8, 4) is 0 Å². The van der Waals surface area contributed by atoms with Crippen LogP contribution in [0.5, 0.6) is 0 Å². The van der Waals surface area contributed by atoms with E-state index >= 15 is 0 Å². The number of benzene rings is 1. The number of hydrogen-bond acceptors (Lipinski definition) is 3. The molecule has 0 aliphatic heterocycles. The van der Waals surface area contributed by atoms with Crippen molar-refractivity contribution in [2.24, 2.45) is 16.8 Å². The number of carbonyl (C=O) groups excluding carboxylic acids is 1. The molecule has 39 heavy (non-hydrogen) atoms. The number of Topliss-reactive ketones (excluding diaryl/α,β-unsaturated/α-hetero) is 1. The molecule has 0 heterocycles. The van der Waals surface area contributed by atoms with Crippen LogP contribution in [0.1, 0.15) is 84.6 Å². The number of aliphatic imine (C=N–C) groups is 1. The summed E-state index contributed by atoms with van der Waals surface area (Å²) in [7, 11) is 1.73. The molecular formula is C33H45F3N2O. The van der Waals surface area contributed by atoms with Gasteiger partial charge in [0.25, 0.3) is 0 Å². The van der Waals surface area contributed by atoms with Crippen molar-refractivity contribution in [2.45, 2.75) is 79.1 Å². The minimum atomic E-state index is -1.48. The summed E-state index contributed by atoms with van der Waals surface area (Å²) in [4.78, 5) is 17.1. The summed E-state index contributed by atoms with van der Waals surface area (Å²) in [6, 6.07) is 2.08. The predicted octanol–water partition coefficient (Wildman–Crippen LogP) is 8.44. The lowest BCUT2D eigenvalue weighted by Gasteiger charge is -2.29. The van der Waals surface area contributed by atoms with Crippen LogP contribution >= 0.6 is 0 Å². The van der Waals surface area contributed by atoms with Gasteiger partial charge in [-0.1, -0.05) is 51.2 Å². The minimum absolute atomic E-state index is 0.0640. The van der Waals surface area contributed by atoms with Gasteiger partial charge in [0.1, 0.15) is 5.78 Å². The smallest absolute Gasteiger partial charge is 0.194 e. The van der Waals surface area contributed by atoms with E-state index in [0.29, 0.717) is 30.7 Å². The largest absolute Gasteiger partial charge is 0.316 e. The third-order valence-corrected chi connectivity index (χ3v) is 7.32. The summed E-state index contributed by atoms with van der Waals surface area (Å²) in [6.45, 7) is 20.4. The number of allylic oxidation sites excluding steroid dienone is 5. The van der Waals surface area contributed by atoms with Crippen LogP contribution in [0.15, 0.2) is 64.2 Å². The van der Waals surface area contributed by atoms with Gasteiger partial charge in [-0.05, 0) is 99.2 Å². The summed E-state index contributed by atoms with van der Waals surface area (Å²) in [5, 5.41) is 3.46. The third kappa shape index (κ3) is 9.45. The zero-order valence-corrected chi connectivity index (χ0v) is 24.5. The van der Waals surface area contributed by atoms with Gasteiger partial charge in [0, 0.05) is 31.2 Å². The second-order valence-corrected chi connectivity index (χ2v) is 11.3. The quantitative estimate of drug-likeness (QED) is 0.0893.